The molecule has 0 aliphatic carbocycles. The van der Waals surface area contributed by atoms with Gasteiger partial charge < -0.3 is 9.73 Å². The van der Waals surface area contributed by atoms with Crippen molar-refractivity contribution >= 4 is 0 Å². The summed E-state index contributed by atoms with van der Waals surface area (Å²) >= 11 is 0. The van der Waals surface area contributed by atoms with Gasteiger partial charge in [0.2, 0.25) is 0 Å². The van der Waals surface area contributed by atoms with Crippen LogP contribution in [0.1, 0.15) is 54.5 Å². The van der Waals surface area contributed by atoms with Gasteiger partial charge in [0.05, 0.1) is 0 Å². The standard InChI is InChI=1S/C19H27NO/c1-13-7-6-8-18(11-13)10-9-14(2)20-16(4)19-12-15(3)21-17(19)5/h6-8,11-12,14,16,20H,9-10H2,1-5H3. The molecule has 21 heavy (non-hydrogen) atoms. The van der Waals surface area contributed by atoms with E-state index in [0.717, 1.165) is 24.4 Å². The molecule has 2 heteroatoms. The van der Waals surface area contributed by atoms with Crippen LogP contribution in [0.3, 0.4) is 0 Å². The molecule has 2 aromatic rings. The summed E-state index contributed by atoms with van der Waals surface area (Å²) in [7, 11) is 0. The minimum atomic E-state index is 0.329. The fourth-order valence-corrected chi connectivity index (χ4v) is 2.93. The maximum Gasteiger partial charge on any atom is 0.105 e. The third-order valence-corrected chi connectivity index (χ3v) is 4.03. The zero-order valence-electron chi connectivity index (χ0n) is 13.9. The lowest BCUT2D eigenvalue weighted by molar-refractivity contribution is 0.445. The van der Waals surface area contributed by atoms with Crippen LogP contribution < -0.4 is 5.32 Å². The Kier molecular flexibility index (Phi) is 5.24. The lowest BCUT2D eigenvalue weighted by Crippen LogP contribution is -2.29. The van der Waals surface area contributed by atoms with Crippen LogP contribution in [0.4, 0.5) is 0 Å². The highest BCUT2D eigenvalue weighted by Gasteiger charge is 2.14. The summed E-state index contributed by atoms with van der Waals surface area (Å²) in [5.74, 6) is 2.02. The molecule has 2 unspecified atom stereocenters. The summed E-state index contributed by atoms with van der Waals surface area (Å²) < 4.78 is 5.62. The minimum absolute atomic E-state index is 0.329. The largest absolute Gasteiger partial charge is 0.466 e. The van der Waals surface area contributed by atoms with Gasteiger partial charge in [0.1, 0.15) is 11.5 Å². The van der Waals surface area contributed by atoms with Gasteiger partial charge >= 0.3 is 0 Å². The van der Waals surface area contributed by atoms with E-state index in [1.807, 2.05) is 13.8 Å². The molecular weight excluding hydrogens is 258 g/mol. The Labute approximate surface area is 128 Å². The van der Waals surface area contributed by atoms with E-state index in [1.165, 1.54) is 16.7 Å². The van der Waals surface area contributed by atoms with Crippen LogP contribution in [0.2, 0.25) is 0 Å². The summed E-state index contributed by atoms with van der Waals surface area (Å²) in [4.78, 5) is 0. The molecule has 0 aliphatic rings. The lowest BCUT2D eigenvalue weighted by atomic mass is 10.0. The van der Waals surface area contributed by atoms with Gasteiger partial charge in [-0.3, -0.25) is 0 Å². The predicted molar refractivity (Wildman–Crippen MR) is 88.7 cm³/mol. The van der Waals surface area contributed by atoms with Crippen LogP contribution >= 0.6 is 0 Å². The van der Waals surface area contributed by atoms with Gasteiger partial charge in [-0.2, -0.15) is 0 Å². The van der Waals surface area contributed by atoms with Gasteiger partial charge in [-0.25, -0.2) is 0 Å². The van der Waals surface area contributed by atoms with Crippen molar-refractivity contribution in [3.05, 3.63) is 58.5 Å². The second kappa shape index (κ2) is 6.95. The van der Waals surface area contributed by atoms with Gasteiger partial charge in [-0.15, -0.1) is 0 Å². The van der Waals surface area contributed by atoms with E-state index in [-0.39, 0.29) is 0 Å². The minimum Gasteiger partial charge on any atom is -0.466 e. The number of rotatable bonds is 6. The molecule has 2 atom stereocenters. The summed E-state index contributed by atoms with van der Waals surface area (Å²) in [5.41, 5.74) is 4.03. The van der Waals surface area contributed by atoms with Crippen molar-refractivity contribution in [1.29, 1.82) is 0 Å². The van der Waals surface area contributed by atoms with Crippen LogP contribution in [-0.4, -0.2) is 6.04 Å². The molecule has 2 rings (SSSR count). The van der Waals surface area contributed by atoms with Crippen LogP contribution in [0.15, 0.2) is 34.7 Å². The SMILES string of the molecule is Cc1cccc(CCC(C)NC(C)c2cc(C)oc2C)c1. The molecule has 1 N–H and O–H groups in total. The molecule has 0 fully saturated rings. The lowest BCUT2D eigenvalue weighted by Gasteiger charge is -2.20. The molecule has 0 bridgehead atoms. The van der Waals surface area contributed by atoms with E-state index in [4.69, 9.17) is 4.42 Å². The Hall–Kier alpha value is -1.54. The van der Waals surface area contributed by atoms with Crippen molar-refractivity contribution in [3.63, 3.8) is 0 Å². The molecular formula is C19H27NO. The molecule has 1 aromatic heterocycles. The van der Waals surface area contributed by atoms with Gasteiger partial charge in [0.15, 0.2) is 0 Å². The van der Waals surface area contributed by atoms with E-state index in [1.54, 1.807) is 0 Å². The summed E-state index contributed by atoms with van der Waals surface area (Å²) in [6.45, 7) is 10.7. The Morgan fingerprint density at radius 2 is 1.86 bits per heavy atom. The highest BCUT2D eigenvalue weighted by molar-refractivity contribution is 5.24. The van der Waals surface area contributed by atoms with Crippen molar-refractivity contribution in [2.45, 2.75) is 59.5 Å². The molecule has 0 spiro atoms. The second-order valence-corrected chi connectivity index (χ2v) is 6.19. The van der Waals surface area contributed by atoms with Crippen LogP contribution in [-0.2, 0) is 6.42 Å². The number of nitrogens with one attached hydrogen (secondary N) is 1. The number of hydrogen-bond donors (Lipinski definition) is 1. The first-order chi connectivity index (χ1) is 9.95. The molecule has 1 heterocycles. The topological polar surface area (TPSA) is 25.2 Å². The van der Waals surface area contributed by atoms with Crippen molar-refractivity contribution < 1.29 is 4.42 Å². The normalized spacial score (nSPS) is 14.1. The molecule has 2 nitrogen and oxygen atoms in total. The van der Waals surface area contributed by atoms with Crippen LogP contribution in [0.5, 0.6) is 0 Å². The first-order valence-corrected chi connectivity index (χ1v) is 7.84. The van der Waals surface area contributed by atoms with Gasteiger partial charge in [0.25, 0.3) is 0 Å². The zero-order valence-corrected chi connectivity index (χ0v) is 13.9. The quantitative estimate of drug-likeness (QED) is 0.818. The molecule has 114 valence electrons. The Bertz CT molecular complexity index is 585. The van der Waals surface area contributed by atoms with Gasteiger partial charge in [-0.05, 0) is 59.1 Å². The molecule has 0 saturated heterocycles. The number of furan rings is 1. The highest BCUT2D eigenvalue weighted by atomic mass is 16.3. The van der Waals surface area contributed by atoms with E-state index >= 15 is 0 Å². The van der Waals surface area contributed by atoms with Crippen molar-refractivity contribution in [2.24, 2.45) is 0 Å². The van der Waals surface area contributed by atoms with E-state index in [9.17, 15) is 0 Å². The Balaban J connectivity index is 1.87. The maximum absolute atomic E-state index is 5.62. The zero-order chi connectivity index (χ0) is 15.4. The smallest absolute Gasteiger partial charge is 0.105 e. The fourth-order valence-electron chi connectivity index (χ4n) is 2.93. The van der Waals surface area contributed by atoms with Crippen molar-refractivity contribution in [2.75, 3.05) is 0 Å². The van der Waals surface area contributed by atoms with E-state index < -0.39 is 0 Å². The predicted octanol–water partition coefficient (Wildman–Crippen LogP) is 4.88. The Morgan fingerprint density at radius 1 is 1.10 bits per heavy atom. The Morgan fingerprint density at radius 3 is 2.48 bits per heavy atom. The number of benzene rings is 1. The van der Waals surface area contributed by atoms with Gasteiger partial charge in [0, 0.05) is 17.6 Å². The fraction of sp³-hybridized carbons (Fsp3) is 0.474. The number of hydrogen-bond acceptors (Lipinski definition) is 2. The number of aryl methyl sites for hydroxylation is 4. The molecule has 0 aliphatic heterocycles. The first-order valence-electron chi connectivity index (χ1n) is 7.84. The third kappa shape index (κ3) is 4.47. The van der Waals surface area contributed by atoms with E-state index in [0.29, 0.717) is 12.1 Å². The van der Waals surface area contributed by atoms with Gasteiger partial charge in [-0.1, -0.05) is 29.8 Å². The third-order valence-electron chi connectivity index (χ3n) is 4.03. The van der Waals surface area contributed by atoms with Crippen LogP contribution in [0.25, 0.3) is 0 Å². The molecule has 0 amide bonds. The monoisotopic (exact) mass is 285 g/mol. The summed E-state index contributed by atoms with van der Waals surface area (Å²) in [6, 6.07) is 11.7. The maximum atomic E-state index is 5.62. The highest BCUT2D eigenvalue weighted by Crippen LogP contribution is 2.22. The molecule has 0 radical (unpaired) electrons. The summed E-state index contributed by atoms with van der Waals surface area (Å²) in [5, 5.41) is 3.68. The van der Waals surface area contributed by atoms with E-state index in [2.05, 4.69) is 56.4 Å². The van der Waals surface area contributed by atoms with Crippen LogP contribution in [0, 0.1) is 20.8 Å². The molecule has 1 aromatic carbocycles. The average Bonchev–Trinajstić information content (AvgIpc) is 2.75. The van der Waals surface area contributed by atoms with Crippen molar-refractivity contribution in [3.8, 4) is 0 Å². The average molecular weight is 285 g/mol. The molecule has 0 saturated carbocycles. The van der Waals surface area contributed by atoms with Crippen molar-refractivity contribution in [1.82, 2.24) is 5.32 Å². The second-order valence-electron chi connectivity index (χ2n) is 6.19. The first kappa shape index (κ1) is 15.8. The summed E-state index contributed by atoms with van der Waals surface area (Å²) in [6.07, 6.45) is 2.26.